The number of ether oxygens (including phenoxy) is 1. The summed E-state index contributed by atoms with van der Waals surface area (Å²) in [6, 6.07) is 1.95. The highest BCUT2D eigenvalue weighted by Crippen LogP contribution is 2.20. The molecule has 0 atom stereocenters. The van der Waals surface area contributed by atoms with E-state index in [1.54, 1.807) is 18.3 Å². The summed E-state index contributed by atoms with van der Waals surface area (Å²) >= 11 is 0. The quantitative estimate of drug-likeness (QED) is 0.758. The fourth-order valence-electron chi connectivity index (χ4n) is 3.45. The lowest BCUT2D eigenvalue weighted by Crippen LogP contribution is -2.48. The smallest absolute Gasteiger partial charge is 0.241 e. The average molecular weight is 362 g/mol. The van der Waals surface area contributed by atoms with Crippen molar-refractivity contribution in [1.82, 2.24) is 19.8 Å². The van der Waals surface area contributed by atoms with E-state index in [-0.39, 0.29) is 5.91 Å². The monoisotopic (exact) mass is 362 g/mol. The predicted octanol–water partition coefficient (Wildman–Crippen LogP) is 0.525. The SMILES string of the molecule is COCCN1CCC(CNc2cc(N3CCN(C)C(=O)C3)ncn2)CC1. The Bertz CT molecular complexity index is 591. The van der Waals surface area contributed by atoms with Gasteiger partial charge in [0, 0.05) is 46.4 Å². The molecule has 1 N–H and O–H groups in total. The summed E-state index contributed by atoms with van der Waals surface area (Å²) in [4.78, 5) is 26.8. The van der Waals surface area contributed by atoms with Gasteiger partial charge in [0.1, 0.15) is 18.0 Å². The van der Waals surface area contributed by atoms with Gasteiger partial charge in [-0.15, -0.1) is 0 Å². The highest BCUT2D eigenvalue weighted by molar-refractivity contribution is 5.82. The van der Waals surface area contributed by atoms with Gasteiger partial charge in [-0.3, -0.25) is 4.79 Å². The lowest BCUT2D eigenvalue weighted by atomic mass is 9.97. The molecule has 3 rings (SSSR count). The van der Waals surface area contributed by atoms with Gasteiger partial charge in [-0.25, -0.2) is 9.97 Å². The van der Waals surface area contributed by atoms with Gasteiger partial charge in [-0.2, -0.15) is 0 Å². The van der Waals surface area contributed by atoms with Crippen molar-refractivity contribution in [2.75, 3.05) is 76.8 Å². The molecule has 1 aromatic rings. The Labute approximate surface area is 155 Å². The first-order valence-corrected chi connectivity index (χ1v) is 9.42. The van der Waals surface area contributed by atoms with Crippen molar-refractivity contribution in [2.24, 2.45) is 5.92 Å². The van der Waals surface area contributed by atoms with Crippen LogP contribution in [0, 0.1) is 5.92 Å². The largest absolute Gasteiger partial charge is 0.383 e. The Hall–Kier alpha value is -1.93. The molecule has 0 aromatic carbocycles. The number of carbonyl (C=O) groups excluding carboxylic acids is 1. The fraction of sp³-hybridized carbons (Fsp3) is 0.722. The number of rotatable bonds is 7. The summed E-state index contributed by atoms with van der Waals surface area (Å²) in [5.41, 5.74) is 0. The van der Waals surface area contributed by atoms with Crippen molar-refractivity contribution >= 4 is 17.5 Å². The number of methoxy groups -OCH3 is 1. The molecule has 0 saturated carbocycles. The number of piperazine rings is 1. The van der Waals surface area contributed by atoms with Gasteiger partial charge < -0.3 is 24.8 Å². The Morgan fingerprint density at radius 3 is 2.77 bits per heavy atom. The molecule has 0 bridgehead atoms. The normalized spacial score (nSPS) is 19.8. The lowest BCUT2D eigenvalue weighted by Gasteiger charge is -2.33. The molecule has 144 valence electrons. The molecule has 0 spiro atoms. The van der Waals surface area contributed by atoms with Crippen LogP contribution in [0.1, 0.15) is 12.8 Å². The van der Waals surface area contributed by atoms with Gasteiger partial charge in [0.05, 0.1) is 13.2 Å². The number of nitrogens with zero attached hydrogens (tertiary/aromatic N) is 5. The van der Waals surface area contributed by atoms with E-state index in [1.165, 1.54) is 12.8 Å². The summed E-state index contributed by atoms with van der Waals surface area (Å²) in [5, 5.41) is 3.46. The number of amides is 1. The van der Waals surface area contributed by atoms with Crippen LogP contribution < -0.4 is 10.2 Å². The molecule has 26 heavy (non-hydrogen) atoms. The van der Waals surface area contributed by atoms with E-state index < -0.39 is 0 Å². The zero-order valence-electron chi connectivity index (χ0n) is 15.9. The standard InChI is InChI=1S/C18H30N6O2/c1-22-7-8-24(13-18(22)25)17-11-16(20-14-21-17)19-12-15-3-5-23(6-4-15)9-10-26-2/h11,14-15H,3-10,12-13H2,1-2H3,(H,19,20,21). The summed E-state index contributed by atoms with van der Waals surface area (Å²) < 4.78 is 5.15. The number of likely N-dealkylation sites (N-methyl/N-ethyl adjacent to an activating group) is 1. The number of hydrogen-bond donors (Lipinski definition) is 1. The van der Waals surface area contributed by atoms with Crippen LogP contribution >= 0.6 is 0 Å². The van der Waals surface area contributed by atoms with Crippen LogP contribution in [-0.2, 0) is 9.53 Å². The van der Waals surface area contributed by atoms with Gasteiger partial charge in [0.15, 0.2) is 0 Å². The lowest BCUT2D eigenvalue weighted by molar-refractivity contribution is -0.129. The Balaban J connectivity index is 1.47. The third kappa shape index (κ3) is 5.04. The first-order valence-electron chi connectivity index (χ1n) is 9.42. The minimum atomic E-state index is 0.129. The molecule has 0 unspecified atom stereocenters. The first-order chi connectivity index (χ1) is 12.7. The first kappa shape index (κ1) is 18.8. The van der Waals surface area contributed by atoms with E-state index in [9.17, 15) is 4.79 Å². The number of nitrogens with one attached hydrogen (secondary N) is 1. The van der Waals surface area contributed by atoms with Crippen LogP contribution in [0.4, 0.5) is 11.6 Å². The van der Waals surface area contributed by atoms with E-state index >= 15 is 0 Å². The zero-order chi connectivity index (χ0) is 18.4. The molecule has 0 radical (unpaired) electrons. The fourth-order valence-corrected chi connectivity index (χ4v) is 3.45. The third-order valence-corrected chi connectivity index (χ3v) is 5.32. The molecule has 2 fully saturated rings. The second-order valence-corrected chi connectivity index (χ2v) is 7.16. The second kappa shape index (κ2) is 9.14. The van der Waals surface area contributed by atoms with Crippen molar-refractivity contribution in [1.29, 1.82) is 0 Å². The maximum atomic E-state index is 11.9. The minimum absolute atomic E-state index is 0.129. The van der Waals surface area contributed by atoms with Crippen molar-refractivity contribution in [2.45, 2.75) is 12.8 Å². The topological polar surface area (TPSA) is 73.8 Å². The summed E-state index contributed by atoms with van der Waals surface area (Å²) in [7, 11) is 3.60. The van der Waals surface area contributed by atoms with Crippen LogP contribution in [-0.4, -0.2) is 92.3 Å². The molecule has 2 aliphatic heterocycles. The third-order valence-electron chi connectivity index (χ3n) is 5.32. The molecule has 2 aliphatic rings. The maximum Gasteiger partial charge on any atom is 0.241 e. The zero-order valence-corrected chi connectivity index (χ0v) is 15.9. The van der Waals surface area contributed by atoms with E-state index in [0.29, 0.717) is 12.5 Å². The van der Waals surface area contributed by atoms with Gasteiger partial charge in [-0.05, 0) is 31.8 Å². The van der Waals surface area contributed by atoms with Crippen LogP contribution in [0.3, 0.4) is 0 Å². The molecular weight excluding hydrogens is 332 g/mol. The van der Waals surface area contributed by atoms with Gasteiger partial charge in [0.2, 0.25) is 5.91 Å². The summed E-state index contributed by atoms with van der Waals surface area (Å²) in [6.45, 7) is 6.94. The molecule has 0 aliphatic carbocycles. The Kier molecular flexibility index (Phi) is 6.62. The van der Waals surface area contributed by atoms with Crippen molar-refractivity contribution < 1.29 is 9.53 Å². The predicted molar refractivity (Wildman–Crippen MR) is 101 cm³/mol. The van der Waals surface area contributed by atoms with E-state index in [2.05, 4.69) is 20.2 Å². The highest BCUT2D eigenvalue weighted by atomic mass is 16.5. The number of likely N-dealkylation sites (tertiary alicyclic amines) is 1. The molecule has 8 heteroatoms. The van der Waals surface area contributed by atoms with Crippen molar-refractivity contribution in [3.05, 3.63) is 12.4 Å². The second-order valence-electron chi connectivity index (χ2n) is 7.16. The van der Waals surface area contributed by atoms with Crippen LogP contribution in [0.25, 0.3) is 0 Å². The molecule has 1 amide bonds. The van der Waals surface area contributed by atoms with E-state index in [4.69, 9.17) is 4.74 Å². The van der Waals surface area contributed by atoms with Gasteiger partial charge in [-0.1, -0.05) is 0 Å². The van der Waals surface area contributed by atoms with Crippen LogP contribution in [0.5, 0.6) is 0 Å². The highest BCUT2D eigenvalue weighted by Gasteiger charge is 2.22. The van der Waals surface area contributed by atoms with Crippen LogP contribution in [0.2, 0.25) is 0 Å². The molecule has 2 saturated heterocycles. The molecular formula is C18H30N6O2. The number of carbonyl (C=O) groups is 1. The molecule has 3 heterocycles. The summed E-state index contributed by atoms with van der Waals surface area (Å²) in [5.74, 6) is 2.45. The number of anilines is 2. The Morgan fingerprint density at radius 2 is 2.04 bits per heavy atom. The van der Waals surface area contributed by atoms with Crippen molar-refractivity contribution in [3.63, 3.8) is 0 Å². The minimum Gasteiger partial charge on any atom is -0.383 e. The maximum absolute atomic E-state index is 11.9. The molecule has 1 aromatic heterocycles. The van der Waals surface area contributed by atoms with Gasteiger partial charge >= 0.3 is 0 Å². The number of piperidine rings is 1. The average Bonchev–Trinajstić information content (AvgIpc) is 2.68. The Morgan fingerprint density at radius 1 is 1.23 bits per heavy atom. The van der Waals surface area contributed by atoms with E-state index in [1.807, 2.05) is 18.0 Å². The van der Waals surface area contributed by atoms with E-state index in [0.717, 1.165) is 57.5 Å². The van der Waals surface area contributed by atoms with Gasteiger partial charge in [0.25, 0.3) is 0 Å². The summed E-state index contributed by atoms with van der Waals surface area (Å²) in [6.07, 6.45) is 3.97. The molecule has 8 nitrogen and oxygen atoms in total. The number of hydrogen-bond acceptors (Lipinski definition) is 7. The van der Waals surface area contributed by atoms with Crippen LogP contribution in [0.15, 0.2) is 12.4 Å². The number of aromatic nitrogens is 2. The van der Waals surface area contributed by atoms with Crippen molar-refractivity contribution in [3.8, 4) is 0 Å².